The summed E-state index contributed by atoms with van der Waals surface area (Å²) >= 11 is 5.89. The largest absolute Gasteiger partial charge is 0.435 e. The smallest absolute Gasteiger partial charge is 0.435 e. The number of rotatable bonds is 5. The maximum Gasteiger partial charge on any atom is 0.435 e. The van der Waals surface area contributed by atoms with Crippen LogP contribution in [0.25, 0.3) is 0 Å². The number of alkyl halides is 3. The third-order valence-corrected chi connectivity index (χ3v) is 6.39. The van der Waals surface area contributed by atoms with E-state index in [4.69, 9.17) is 16.3 Å². The molecule has 0 bridgehead atoms. The quantitative estimate of drug-likeness (QED) is 0.470. The lowest BCUT2D eigenvalue weighted by Gasteiger charge is -2.13. The second-order valence-corrected chi connectivity index (χ2v) is 9.44. The molecular formula is C20H15ClF4N4O3S. The Bertz CT molecular complexity index is 1340. The number of aromatic nitrogens is 2. The van der Waals surface area contributed by atoms with Gasteiger partial charge in [-0.15, -0.1) is 10.2 Å². The first-order valence-corrected chi connectivity index (χ1v) is 11.3. The van der Waals surface area contributed by atoms with Gasteiger partial charge in [-0.25, -0.2) is 13.0 Å². The first-order chi connectivity index (χ1) is 15.4. The molecule has 0 saturated carbocycles. The standard InChI is InChI=1S/C20H15ClF4N4O3S/c1-26-33(2,31)13-5-3-4-12(9-13)27-18(30)14-10-17(20(23,24)25)28-29-19(14)32-16-7-6-11(22)8-15(16)21/h3-10H,1-2H3,(H,27,30). The average molecular weight is 503 g/mol. The van der Waals surface area contributed by atoms with Crippen LogP contribution in [-0.2, 0) is 15.9 Å². The van der Waals surface area contributed by atoms with Gasteiger partial charge < -0.3 is 10.1 Å². The Hall–Kier alpha value is -3.25. The summed E-state index contributed by atoms with van der Waals surface area (Å²) in [4.78, 5) is 13.2. The first-order valence-electron chi connectivity index (χ1n) is 9.00. The Morgan fingerprint density at radius 3 is 2.52 bits per heavy atom. The number of benzene rings is 2. The summed E-state index contributed by atoms with van der Waals surface area (Å²) in [7, 11) is -1.35. The second-order valence-electron chi connectivity index (χ2n) is 6.59. The van der Waals surface area contributed by atoms with Gasteiger partial charge in [-0.05, 0) is 42.5 Å². The van der Waals surface area contributed by atoms with Crippen LogP contribution in [0.4, 0.5) is 23.2 Å². The predicted octanol–water partition coefficient (Wildman–Crippen LogP) is 5.42. The van der Waals surface area contributed by atoms with Crippen LogP contribution >= 0.6 is 11.6 Å². The number of nitrogens with one attached hydrogen (secondary N) is 1. The molecule has 1 aromatic heterocycles. The minimum absolute atomic E-state index is 0.145. The van der Waals surface area contributed by atoms with Crippen molar-refractivity contribution in [1.82, 2.24) is 10.2 Å². The molecule has 3 aromatic rings. The molecule has 1 amide bonds. The molecule has 33 heavy (non-hydrogen) atoms. The molecule has 2 aromatic carbocycles. The molecule has 0 fully saturated rings. The van der Waals surface area contributed by atoms with Crippen LogP contribution in [0.2, 0.25) is 5.02 Å². The fraction of sp³-hybridized carbons (Fsp3) is 0.150. The molecule has 0 aliphatic heterocycles. The van der Waals surface area contributed by atoms with Crippen LogP contribution < -0.4 is 10.1 Å². The lowest BCUT2D eigenvalue weighted by Crippen LogP contribution is -2.18. The Balaban J connectivity index is 2.01. The molecule has 1 N–H and O–H groups in total. The van der Waals surface area contributed by atoms with Crippen molar-refractivity contribution in [2.75, 3.05) is 18.6 Å². The van der Waals surface area contributed by atoms with Crippen LogP contribution in [0.5, 0.6) is 11.6 Å². The predicted molar refractivity (Wildman–Crippen MR) is 114 cm³/mol. The van der Waals surface area contributed by atoms with E-state index in [2.05, 4.69) is 19.9 Å². The van der Waals surface area contributed by atoms with Gasteiger partial charge in [-0.2, -0.15) is 13.2 Å². The van der Waals surface area contributed by atoms with Crippen molar-refractivity contribution in [2.24, 2.45) is 4.36 Å². The molecule has 1 heterocycles. The molecule has 174 valence electrons. The average Bonchev–Trinajstić information content (AvgIpc) is 2.75. The van der Waals surface area contributed by atoms with Crippen LogP contribution in [-0.4, -0.2) is 33.6 Å². The molecule has 13 heteroatoms. The number of hydrogen-bond acceptors (Lipinski definition) is 6. The molecule has 1 atom stereocenters. The van der Waals surface area contributed by atoms with Gasteiger partial charge in [0, 0.05) is 23.9 Å². The van der Waals surface area contributed by atoms with Crippen LogP contribution in [0, 0.1) is 5.82 Å². The number of nitrogens with zero attached hydrogens (tertiary/aromatic N) is 3. The molecule has 0 spiro atoms. The Morgan fingerprint density at radius 1 is 1.15 bits per heavy atom. The van der Waals surface area contributed by atoms with E-state index in [0.717, 1.165) is 18.2 Å². The van der Waals surface area contributed by atoms with Gasteiger partial charge in [0.15, 0.2) is 5.69 Å². The van der Waals surface area contributed by atoms with E-state index in [1.807, 2.05) is 0 Å². The third-order valence-electron chi connectivity index (χ3n) is 4.27. The summed E-state index contributed by atoms with van der Waals surface area (Å²) < 4.78 is 74.4. The summed E-state index contributed by atoms with van der Waals surface area (Å²) in [6.07, 6.45) is -3.49. The highest BCUT2D eigenvalue weighted by atomic mass is 35.5. The lowest BCUT2D eigenvalue weighted by molar-refractivity contribution is -0.141. The fourth-order valence-corrected chi connectivity index (χ4v) is 3.63. The lowest BCUT2D eigenvalue weighted by atomic mass is 10.2. The molecule has 7 nitrogen and oxygen atoms in total. The van der Waals surface area contributed by atoms with Crippen molar-refractivity contribution in [1.29, 1.82) is 0 Å². The maximum atomic E-state index is 13.3. The summed E-state index contributed by atoms with van der Waals surface area (Å²) in [5, 5.41) is 8.64. The van der Waals surface area contributed by atoms with E-state index in [0.29, 0.717) is 11.0 Å². The van der Waals surface area contributed by atoms with Gasteiger partial charge >= 0.3 is 6.18 Å². The zero-order valence-electron chi connectivity index (χ0n) is 17.0. The summed E-state index contributed by atoms with van der Waals surface area (Å²) in [6, 6.07) is 9.36. The highest BCUT2D eigenvalue weighted by Gasteiger charge is 2.35. The number of hydrogen-bond donors (Lipinski definition) is 1. The number of carbonyl (C=O) groups is 1. The van der Waals surface area contributed by atoms with Crippen molar-refractivity contribution < 1.29 is 31.3 Å². The van der Waals surface area contributed by atoms with Crippen LogP contribution in [0.15, 0.2) is 57.8 Å². The van der Waals surface area contributed by atoms with Crippen LogP contribution in [0.3, 0.4) is 0 Å². The van der Waals surface area contributed by atoms with Gasteiger partial charge in [0.1, 0.15) is 17.1 Å². The Kier molecular flexibility index (Phi) is 6.89. The highest BCUT2D eigenvalue weighted by molar-refractivity contribution is 7.93. The molecule has 1 unspecified atom stereocenters. The number of halogens is 5. The minimum atomic E-state index is -4.88. The first kappa shape index (κ1) is 24.4. The monoisotopic (exact) mass is 502 g/mol. The van der Waals surface area contributed by atoms with Gasteiger partial charge in [-0.3, -0.25) is 4.79 Å². The van der Waals surface area contributed by atoms with Gasteiger partial charge in [0.2, 0.25) is 0 Å². The zero-order chi connectivity index (χ0) is 24.4. The van der Waals surface area contributed by atoms with Gasteiger partial charge in [-0.1, -0.05) is 17.7 Å². The normalized spacial score (nSPS) is 13.2. The maximum absolute atomic E-state index is 13.3. The highest BCUT2D eigenvalue weighted by Crippen LogP contribution is 2.34. The van der Waals surface area contributed by atoms with E-state index in [-0.39, 0.29) is 16.5 Å². The molecule has 0 radical (unpaired) electrons. The van der Waals surface area contributed by atoms with Gasteiger partial charge in [0.25, 0.3) is 11.8 Å². The van der Waals surface area contributed by atoms with E-state index >= 15 is 0 Å². The number of anilines is 1. The third kappa shape index (κ3) is 5.76. The summed E-state index contributed by atoms with van der Waals surface area (Å²) in [5.41, 5.74) is -1.90. The Morgan fingerprint density at radius 2 is 1.88 bits per heavy atom. The van der Waals surface area contributed by atoms with E-state index < -0.39 is 44.8 Å². The van der Waals surface area contributed by atoms with Crippen molar-refractivity contribution in [3.63, 3.8) is 0 Å². The SMILES string of the molecule is CN=S(C)(=O)c1cccc(NC(=O)c2cc(C(F)(F)F)nnc2Oc2ccc(F)cc2Cl)c1. The second kappa shape index (κ2) is 9.32. The topological polar surface area (TPSA) is 93.5 Å². The minimum Gasteiger partial charge on any atom is -0.435 e. The molecular weight excluding hydrogens is 488 g/mol. The van der Waals surface area contributed by atoms with E-state index in [1.165, 1.54) is 37.6 Å². The van der Waals surface area contributed by atoms with Gasteiger partial charge in [0.05, 0.1) is 14.8 Å². The van der Waals surface area contributed by atoms with Crippen LogP contribution in [0.1, 0.15) is 16.1 Å². The number of carbonyl (C=O) groups excluding carboxylic acids is 1. The number of ether oxygens (including phenoxy) is 1. The molecule has 0 saturated heterocycles. The summed E-state index contributed by atoms with van der Waals surface area (Å²) in [5.74, 6) is -2.43. The molecule has 0 aliphatic rings. The van der Waals surface area contributed by atoms with Crippen molar-refractivity contribution in [2.45, 2.75) is 11.1 Å². The molecule has 3 rings (SSSR count). The summed E-state index contributed by atoms with van der Waals surface area (Å²) in [6.45, 7) is 0. The zero-order valence-corrected chi connectivity index (χ0v) is 18.6. The fourth-order valence-electron chi connectivity index (χ4n) is 2.53. The molecule has 0 aliphatic carbocycles. The number of amides is 1. The van der Waals surface area contributed by atoms with E-state index in [1.54, 1.807) is 0 Å². The van der Waals surface area contributed by atoms with Crippen molar-refractivity contribution in [3.8, 4) is 11.6 Å². The van der Waals surface area contributed by atoms with Crippen molar-refractivity contribution >= 4 is 32.9 Å². The van der Waals surface area contributed by atoms with E-state index in [9.17, 15) is 26.6 Å². The van der Waals surface area contributed by atoms with Crippen molar-refractivity contribution in [3.05, 3.63) is 70.6 Å². The Labute approximate surface area is 190 Å².